The van der Waals surface area contributed by atoms with E-state index in [-0.39, 0.29) is 28.9 Å². The zero-order chi connectivity index (χ0) is 20.4. The van der Waals surface area contributed by atoms with Gasteiger partial charge in [0.15, 0.2) is 0 Å². The van der Waals surface area contributed by atoms with Gasteiger partial charge < -0.3 is 15.4 Å². The molecule has 3 rings (SSSR count). The van der Waals surface area contributed by atoms with Crippen molar-refractivity contribution in [1.82, 2.24) is 10.3 Å². The van der Waals surface area contributed by atoms with Crippen molar-refractivity contribution in [2.75, 3.05) is 0 Å². The maximum Gasteiger partial charge on any atom is 0.252 e. The summed E-state index contributed by atoms with van der Waals surface area (Å²) in [6.45, 7) is 1.53. The van der Waals surface area contributed by atoms with E-state index in [1.807, 2.05) is 6.07 Å². The molecular weight excluding hydrogens is 368 g/mol. The van der Waals surface area contributed by atoms with Gasteiger partial charge in [0.25, 0.3) is 5.56 Å². The SMILES string of the molecule is C[C@H](NC(=O)Cc1cc2c(C#N)c(O)ccc2[nH]c1=O)c1ccc(F)cc1F. The quantitative estimate of drug-likeness (QED) is 0.644. The average Bonchev–Trinajstić information content (AvgIpc) is 2.62. The number of rotatable bonds is 4. The first-order valence-corrected chi connectivity index (χ1v) is 8.32. The summed E-state index contributed by atoms with van der Waals surface area (Å²) >= 11 is 0. The lowest BCUT2D eigenvalue weighted by atomic mass is 10.0. The second kappa shape index (κ2) is 7.48. The number of hydrogen-bond donors (Lipinski definition) is 3. The molecule has 1 heterocycles. The zero-order valence-electron chi connectivity index (χ0n) is 14.7. The standard InChI is InChI=1S/C20H15F2N3O3/c1-10(13-3-2-12(21)8-16(13)22)24-19(27)7-11-6-14-15(9-23)18(26)5-4-17(14)25-20(11)28/h2-6,8,10,26H,7H2,1H3,(H,24,27)(H,25,28)/t10-/m0/s1. The molecule has 0 unspecified atom stereocenters. The molecule has 8 heteroatoms. The first kappa shape index (κ1) is 19.0. The molecule has 0 fully saturated rings. The Hall–Kier alpha value is -3.73. The third kappa shape index (κ3) is 3.69. The molecule has 0 bridgehead atoms. The molecule has 0 saturated carbocycles. The van der Waals surface area contributed by atoms with Crippen LogP contribution < -0.4 is 10.9 Å². The van der Waals surface area contributed by atoms with Crippen LogP contribution in [0.25, 0.3) is 10.9 Å². The first-order valence-electron chi connectivity index (χ1n) is 8.32. The third-order valence-electron chi connectivity index (χ3n) is 4.35. The number of benzene rings is 2. The molecule has 1 amide bonds. The number of aromatic hydroxyl groups is 1. The number of phenolic OH excluding ortho intramolecular Hbond substituents is 1. The maximum absolute atomic E-state index is 13.8. The van der Waals surface area contributed by atoms with Gasteiger partial charge in [0.05, 0.1) is 12.5 Å². The van der Waals surface area contributed by atoms with E-state index < -0.39 is 29.1 Å². The Morgan fingerprint density at radius 1 is 1.29 bits per heavy atom. The Kier molecular flexibility index (Phi) is 5.09. The van der Waals surface area contributed by atoms with Gasteiger partial charge in [-0.25, -0.2) is 8.78 Å². The number of carbonyl (C=O) groups is 1. The highest BCUT2D eigenvalue weighted by molar-refractivity contribution is 5.88. The van der Waals surface area contributed by atoms with E-state index in [0.29, 0.717) is 10.9 Å². The largest absolute Gasteiger partial charge is 0.507 e. The second-order valence-corrected chi connectivity index (χ2v) is 6.29. The van der Waals surface area contributed by atoms with Gasteiger partial charge >= 0.3 is 0 Å². The molecule has 1 atom stereocenters. The number of nitrogens with one attached hydrogen (secondary N) is 2. The number of fused-ring (bicyclic) bond motifs is 1. The smallest absolute Gasteiger partial charge is 0.252 e. The zero-order valence-corrected chi connectivity index (χ0v) is 14.7. The Bertz CT molecular complexity index is 1180. The number of H-pyrrole nitrogens is 1. The highest BCUT2D eigenvalue weighted by Gasteiger charge is 2.17. The van der Waals surface area contributed by atoms with Crippen molar-refractivity contribution in [3.63, 3.8) is 0 Å². The van der Waals surface area contributed by atoms with Gasteiger partial charge in [-0.2, -0.15) is 5.26 Å². The Morgan fingerprint density at radius 2 is 2.04 bits per heavy atom. The monoisotopic (exact) mass is 383 g/mol. The number of phenols is 1. The number of hydrogen-bond acceptors (Lipinski definition) is 4. The van der Waals surface area contributed by atoms with Gasteiger partial charge in [-0.3, -0.25) is 9.59 Å². The first-order chi connectivity index (χ1) is 13.3. The van der Waals surface area contributed by atoms with E-state index in [1.165, 1.54) is 31.2 Å². The molecule has 6 nitrogen and oxygen atoms in total. The van der Waals surface area contributed by atoms with Crippen molar-refractivity contribution in [3.8, 4) is 11.8 Å². The summed E-state index contributed by atoms with van der Waals surface area (Å²) in [6.07, 6.45) is -0.320. The minimum atomic E-state index is -0.787. The van der Waals surface area contributed by atoms with Crippen LogP contribution in [0.2, 0.25) is 0 Å². The number of nitriles is 1. The summed E-state index contributed by atoms with van der Waals surface area (Å²) in [5.74, 6) is -2.30. The fourth-order valence-electron chi connectivity index (χ4n) is 2.95. The van der Waals surface area contributed by atoms with Crippen LogP contribution in [-0.2, 0) is 11.2 Å². The van der Waals surface area contributed by atoms with Crippen LogP contribution in [0.1, 0.15) is 29.7 Å². The van der Waals surface area contributed by atoms with Crippen molar-refractivity contribution in [1.29, 1.82) is 5.26 Å². The number of carbonyl (C=O) groups excluding carboxylic acids is 1. The molecule has 0 saturated heterocycles. The van der Waals surface area contributed by atoms with Crippen LogP contribution >= 0.6 is 0 Å². The van der Waals surface area contributed by atoms with Crippen LogP contribution in [0.15, 0.2) is 41.2 Å². The molecule has 0 aliphatic heterocycles. The van der Waals surface area contributed by atoms with Crippen LogP contribution in [0.5, 0.6) is 5.75 Å². The van der Waals surface area contributed by atoms with E-state index in [1.54, 1.807) is 0 Å². The minimum Gasteiger partial charge on any atom is -0.507 e. The molecule has 3 aromatic rings. The predicted molar refractivity (Wildman–Crippen MR) is 97.6 cm³/mol. The lowest BCUT2D eigenvalue weighted by molar-refractivity contribution is -0.121. The van der Waals surface area contributed by atoms with E-state index in [2.05, 4.69) is 10.3 Å². The maximum atomic E-state index is 13.8. The van der Waals surface area contributed by atoms with Crippen molar-refractivity contribution >= 4 is 16.8 Å². The van der Waals surface area contributed by atoms with Gasteiger partial charge in [-0.05, 0) is 31.2 Å². The van der Waals surface area contributed by atoms with E-state index in [0.717, 1.165) is 12.1 Å². The Labute approximate surface area is 158 Å². The fraction of sp³-hybridized carbons (Fsp3) is 0.150. The van der Waals surface area contributed by atoms with Crippen LogP contribution in [0.4, 0.5) is 8.78 Å². The van der Waals surface area contributed by atoms with Crippen molar-refractivity contribution in [2.24, 2.45) is 0 Å². The summed E-state index contributed by atoms with van der Waals surface area (Å²) in [4.78, 5) is 27.1. The number of amides is 1. The van der Waals surface area contributed by atoms with Gasteiger partial charge in [0.1, 0.15) is 29.0 Å². The number of halogens is 2. The Morgan fingerprint density at radius 3 is 2.71 bits per heavy atom. The van der Waals surface area contributed by atoms with Crippen molar-refractivity contribution in [3.05, 3.63) is 75.1 Å². The highest BCUT2D eigenvalue weighted by atomic mass is 19.1. The van der Waals surface area contributed by atoms with Crippen molar-refractivity contribution in [2.45, 2.75) is 19.4 Å². The topological polar surface area (TPSA) is 106 Å². The molecule has 28 heavy (non-hydrogen) atoms. The van der Waals surface area contributed by atoms with E-state index >= 15 is 0 Å². The van der Waals surface area contributed by atoms with Crippen molar-refractivity contribution < 1.29 is 18.7 Å². The summed E-state index contributed by atoms with van der Waals surface area (Å²) in [6, 6.07) is 8.28. The molecule has 142 valence electrons. The molecule has 1 aromatic heterocycles. The number of pyridine rings is 1. The van der Waals surface area contributed by atoms with Crippen LogP contribution in [-0.4, -0.2) is 16.0 Å². The molecule has 0 aliphatic carbocycles. The normalized spacial score (nSPS) is 11.8. The lowest BCUT2D eigenvalue weighted by Crippen LogP contribution is -2.30. The summed E-state index contributed by atoms with van der Waals surface area (Å²) in [5, 5.41) is 21.9. The minimum absolute atomic E-state index is 0.0165. The number of nitrogens with zero attached hydrogens (tertiary/aromatic N) is 1. The average molecular weight is 383 g/mol. The van der Waals surface area contributed by atoms with E-state index in [9.17, 15) is 28.7 Å². The summed E-state index contributed by atoms with van der Waals surface area (Å²) < 4.78 is 26.9. The van der Waals surface area contributed by atoms with Gasteiger partial charge in [-0.15, -0.1) is 0 Å². The predicted octanol–water partition coefficient (Wildman–Crippen LogP) is 2.80. The second-order valence-electron chi connectivity index (χ2n) is 6.29. The number of aromatic amines is 1. The fourth-order valence-corrected chi connectivity index (χ4v) is 2.95. The Balaban J connectivity index is 1.85. The van der Waals surface area contributed by atoms with E-state index in [4.69, 9.17) is 0 Å². The van der Waals surface area contributed by atoms with Crippen LogP contribution in [0.3, 0.4) is 0 Å². The molecule has 3 N–H and O–H groups in total. The molecule has 0 aliphatic rings. The summed E-state index contributed by atoms with van der Waals surface area (Å²) in [5.41, 5.74) is 0.0120. The van der Waals surface area contributed by atoms with Gasteiger partial charge in [0, 0.05) is 28.1 Å². The highest BCUT2D eigenvalue weighted by Crippen LogP contribution is 2.25. The molecule has 0 radical (unpaired) electrons. The summed E-state index contributed by atoms with van der Waals surface area (Å²) in [7, 11) is 0. The molecular formula is C20H15F2N3O3. The van der Waals surface area contributed by atoms with Gasteiger partial charge in [0.2, 0.25) is 5.91 Å². The molecule has 0 spiro atoms. The lowest BCUT2D eigenvalue weighted by Gasteiger charge is -2.15. The van der Waals surface area contributed by atoms with Crippen LogP contribution in [0, 0.1) is 23.0 Å². The van der Waals surface area contributed by atoms with Gasteiger partial charge in [-0.1, -0.05) is 6.07 Å². The molecule has 2 aromatic carbocycles. The third-order valence-corrected chi connectivity index (χ3v) is 4.35. The number of aromatic nitrogens is 1.